The number of anilines is 1. The van der Waals surface area contributed by atoms with E-state index in [9.17, 15) is 0 Å². The second-order valence-electron chi connectivity index (χ2n) is 4.98. The van der Waals surface area contributed by atoms with Crippen molar-refractivity contribution < 1.29 is 0 Å². The molecule has 1 N–H and O–H groups in total. The summed E-state index contributed by atoms with van der Waals surface area (Å²) in [5, 5.41) is 4.20. The Morgan fingerprint density at radius 1 is 1.37 bits per heavy atom. The van der Waals surface area contributed by atoms with E-state index in [1.165, 1.54) is 32.1 Å². The zero-order valence-electron chi connectivity index (χ0n) is 11.5. The SMILES string of the molecule is CCCNc1nc(CSC2CCCCC2)ncc1I. The third-order valence-corrected chi connectivity index (χ3v) is 5.49. The lowest BCUT2D eigenvalue weighted by Gasteiger charge is -2.20. The average Bonchev–Trinajstić information content (AvgIpc) is 2.46. The molecule has 2 rings (SSSR count). The fourth-order valence-corrected chi connectivity index (χ4v) is 3.91. The van der Waals surface area contributed by atoms with E-state index in [2.05, 4.69) is 44.8 Å². The number of hydrogen-bond acceptors (Lipinski definition) is 4. The van der Waals surface area contributed by atoms with Crippen LogP contribution in [0.1, 0.15) is 51.3 Å². The van der Waals surface area contributed by atoms with E-state index in [0.29, 0.717) is 0 Å². The molecule has 0 amide bonds. The van der Waals surface area contributed by atoms with E-state index < -0.39 is 0 Å². The van der Waals surface area contributed by atoms with Crippen molar-refractivity contribution in [2.24, 2.45) is 0 Å². The predicted octanol–water partition coefficient (Wildman–Crippen LogP) is 4.47. The number of aromatic nitrogens is 2. The Balaban J connectivity index is 1.88. The molecule has 106 valence electrons. The van der Waals surface area contributed by atoms with Crippen LogP contribution < -0.4 is 5.32 Å². The summed E-state index contributed by atoms with van der Waals surface area (Å²) in [7, 11) is 0. The summed E-state index contributed by atoms with van der Waals surface area (Å²) >= 11 is 4.33. The highest BCUT2D eigenvalue weighted by atomic mass is 127. The lowest BCUT2D eigenvalue weighted by atomic mass is 10.0. The summed E-state index contributed by atoms with van der Waals surface area (Å²) in [6.45, 7) is 3.14. The van der Waals surface area contributed by atoms with Crippen molar-refractivity contribution in [1.82, 2.24) is 9.97 Å². The van der Waals surface area contributed by atoms with Gasteiger partial charge in [0.15, 0.2) is 0 Å². The topological polar surface area (TPSA) is 37.8 Å². The van der Waals surface area contributed by atoms with Gasteiger partial charge in [-0.1, -0.05) is 26.2 Å². The molecule has 0 radical (unpaired) electrons. The summed E-state index contributed by atoms with van der Waals surface area (Å²) in [6.07, 6.45) is 10.0. The first kappa shape index (κ1) is 15.4. The molecule has 3 nitrogen and oxygen atoms in total. The van der Waals surface area contributed by atoms with Crippen molar-refractivity contribution in [3.05, 3.63) is 15.6 Å². The van der Waals surface area contributed by atoms with Crippen molar-refractivity contribution in [2.45, 2.75) is 56.5 Å². The number of halogens is 1. The van der Waals surface area contributed by atoms with Gasteiger partial charge in [-0.05, 0) is 41.9 Å². The van der Waals surface area contributed by atoms with Gasteiger partial charge >= 0.3 is 0 Å². The van der Waals surface area contributed by atoms with E-state index in [1.54, 1.807) is 0 Å². The second-order valence-corrected chi connectivity index (χ2v) is 7.43. The van der Waals surface area contributed by atoms with Gasteiger partial charge < -0.3 is 5.32 Å². The van der Waals surface area contributed by atoms with Gasteiger partial charge in [-0.15, -0.1) is 0 Å². The van der Waals surface area contributed by atoms with Crippen LogP contribution in [0.5, 0.6) is 0 Å². The van der Waals surface area contributed by atoms with Crippen molar-refractivity contribution in [3.63, 3.8) is 0 Å². The van der Waals surface area contributed by atoms with Crippen molar-refractivity contribution in [3.8, 4) is 0 Å². The molecule has 0 saturated heterocycles. The molecule has 0 aliphatic heterocycles. The number of hydrogen-bond donors (Lipinski definition) is 1. The first-order chi connectivity index (χ1) is 9.29. The molecule has 0 unspecified atom stereocenters. The van der Waals surface area contributed by atoms with Crippen LogP contribution in [0.15, 0.2) is 6.20 Å². The van der Waals surface area contributed by atoms with Crippen molar-refractivity contribution >= 4 is 40.2 Å². The second kappa shape index (κ2) is 8.29. The largest absolute Gasteiger partial charge is 0.369 e. The Hall–Kier alpha value is -0.0400. The lowest BCUT2D eigenvalue weighted by Crippen LogP contribution is -2.10. The molecule has 1 aromatic rings. The lowest BCUT2D eigenvalue weighted by molar-refractivity contribution is 0.516. The van der Waals surface area contributed by atoms with Crippen molar-refractivity contribution in [2.75, 3.05) is 11.9 Å². The summed E-state index contributed by atoms with van der Waals surface area (Å²) in [6, 6.07) is 0. The predicted molar refractivity (Wildman–Crippen MR) is 91.7 cm³/mol. The van der Waals surface area contributed by atoms with Gasteiger partial charge in [0.25, 0.3) is 0 Å². The highest BCUT2D eigenvalue weighted by Gasteiger charge is 2.14. The van der Waals surface area contributed by atoms with E-state index in [1.807, 2.05) is 18.0 Å². The summed E-state index contributed by atoms with van der Waals surface area (Å²) < 4.78 is 1.11. The van der Waals surface area contributed by atoms with Crippen LogP contribution in [-0.4, -0.2) is 21.8 Å². The first-order valence-electron chi connectivity index (χ1n) is 7.16. The Labute approximate surface area is 133 Å². The number of nitrogens with zero attached hydrogens (tertiary/aromatic N) is 2. The molecule has 0 bridgehead atoms. The van der Waals surface area contributed by atoms with Gasteiger partial charge in [-0.2, -0.15) is 11.8 Å². The fourth-order valence-electron chi connectivity index (χ4n) is 2.26. The molecule has 1 fully saturated rings. The molecule has 0 spiro atoms. The maximum absolute atomic E-state index is 4.64. The molecule has 19 heavy (non-hydrogen) atoms. The van der Waals surface area contributed by atoms with Crippen LogP contribution >= 0.6 is 34.4 Å². The van der Waals surface area contributed by atoms with Gasteiger partial charge in [0.2, 0.25) is 0 Å². The van der Waals surface area contributed by atoms with Gasteiger partial charge in [0.1, 0.15) is 11.6 Å². The molecule has 1 aliphatic carbocycles. The Morgan fingerprint density at radius 2 is 2.16 bits per heavy atom. The maximum Gasteiger partial charge on any atom is 0.143 e. The standard InChI is InChI=1S/C14H22IN3S/c1-2-8-16-14-12(15)9-17-13(18-14)10-19-11-6-4-3-5-7-11/h9,11H,2-8,10H2,1H3,(H,16,17,18). The minimum atomic E-state index is 0.823. The minimum Gasteiger partial charge on any atom is -0.369 e. The Bertz CT molecular complexity index is 394. The van der Waals surface area contributed by atoms with Gasteiger partial charge in [0.05, 0.1) is 9.32 Å². The molecule has 1 aromatic heterocycles. The first-order valence-corrected chi connectivity index (χ1v) is 9.29. The van der Waals surface area contributed by atoms with Crippen LogP contribution in [0.4, 0.5) is 5.82 Å². The highest BCUT2D eigenvalue weighted by molar-refractivity contribution is 14.1. The Morgan fingerprint density at radius 3 is 2.89 bits per heavy atom. The molecule has 0 atom stereocenters. The van der Waals surface area contributed by atoms with Crippen LogP contribution in [0.3, 0.4) is 0 Å². The minimum absolute atomic E-state index is 0.823. The molecule has 5 heteroatoms. The number of thioether (sulfide) groups is 1. The van der Waals surface area contributed by atoms with Gasteiger partial charge in [-0.3, -0.25) is 0 Å². The molecular weight excluding hydrogens is 369 g/mol. The summed E-state index contributed by atoms with van der Waals surface area (Å²) in [5.74, 6) is 2.91. The summed E-state index contributed by atoms with van der Waals surface area (Å²) in [4.78, 5) is 9.10. The normalized spacial score (nSPS) is 16.5. The third-order valence-electron chi connectivity index (χ3n) is 3.34. The maximum atomic E-state index is 4.64. The molecule has 1 saturated carbocycles. The van der Waals surface area contributed by atoms with Crippen molar-refractivity contribution in [1.29, 1.82) is 0 Å². The average molecular weight is 391 g/mol. The molecule has 1 heterocycles. The summed E-state index contributed by atoms with van der Waals surface area (Å²) in [5.41, 5.74) is 0. The third kappa shape index (κ3) is 5.10. The van der Waals surface area contributed by atoms with Crippen LogP contribution in [0.2, 0.25) is 0 Å². The van der Waals surface area contributed by atoms with E-state index in [0.717, 1.165) is 39.2 Å². The van der Waals surface area contributed by atoms with Gasteiger partial charge in [-0.25, -0.2) is 9.97 Å². The van der Waals surface area contributed by atoms with Crippen LogP contribution in [0, 0.1) is 3.57 Å². The van der Waals surface area contributed by atoms with Crippen LogP contribution in [0.25, 0.3) is 0 Å². The molecule has 1 aliphatic rings. The van der Waals surface area contributed by atoms with Crippen LogP contribution in [-0.2, 0) is 5.75 Å². The quantitative estimate of drug-likeness (QED) is 0.727. The Kier molecular flexibility index (Phi) is 6.70. The number of nitrogens with one attached hydrogen (secondary N) is 1. The zero-order chi connectivity index (χ0) is 13.5. The molecular formula is C14H22IN3S. The van der Waals surface area contributed by atoms with E-state index >= 15 is 0 Å². The molecule has 0 aromatic carbocycles. The smallest absolute Gasteiger partial charge is 0.143 e. The fraction of sp³-hybridized carbons (Fsp3) is 0.714. The van der Waals surface area contributed by atoms with E-state index in [-0.39, 0.29) is 0 Å². The highest BCUT2D eigenvalue weighted by Crippen LogP contribution is 2.30. The monoisotopic (exact) mass is 391 g/mol. The zero-order valence-corrected chi connectivity index (χ0v) is 14.5. The van der Waals surface area contributed by atoms with Gasteiger partial charge in [0, 0.05) is 18.0 Å². The van der Waals surface area contributed by atoms with E-state index in [4.69, 9.17) is 0 Å². The number of rotatable bonds is 6.